The molecule has 3 atom stereocenters. The van der Waals surface area contributed by atoms with Crippen molar-refractivity contribution in [3.05, 3.63) is 18.0 Å². The first kappa shape index (κ1) is 18.5. The smallest absolute Gasteiger partial charge is 0.317 e. The highest BCUT2D eigenvalue weighted by molar-refractivity contribution is 5.74. The Kier molecular flexibility index (Phi) is 5.76. The van der Waals surface area contributed by atoms with E-state index in [4.69, 9.17) is 9.72 Å². The SMILES string of the molecule is C[C@@H]1CCCC[C@H]1NC(=O)N1CCO[C@H](c2ccnc(N3CCCC3)n2)C1. The fourth-order valence-corrected chi connectivity index (χ4v) is 4.40. The molecule has 27 heavy (non-hydrogen) atoms. The van der Waals surface area contributed by atoms with Crippen LogP contribution >= 0.6 is 0 Å². The molecule has 2 amide bonds. The molecular weight excluding hydrogens is 342 g/mol. The lowest BCUT2D eigenvalue weighted by molar-refractivity contribution is -0.0183. The maximum atomic E-state index is 12.8. The number of rotatable bonds is 3. The van der Waals surface area contributed by atoms with E-state index in [1.165, 1.54) is 32.1 Å². The summed E-state index contributed by atoms with van der Waals surface area (Å²) in [4.78, 5) is 26.0. The van der Waals surface area contributed by atoms with Crippen molar-refractivity contribution in [3.63, 3.8) is 0 Å². The highest BCUT2D eigenvalue weighted by Crippen LogP contribution is 2.26. The van der Waals surface area contributed by atoms with Gasteiger partial charge in [-0.3, -0.25) is 0 Å². The second-order valence-corrected chi connectivity index (χ2v) is 8.10. The monoisotopic (exact) mass is 373 g/mol. The number of nitrogens with zero attached hydrogens (tertiary/aromatic N) is 4. The van der Waals surface area contributed by atoms with Crippen molar-refractivity contribution in [1.82, 2.24) is 20.2 Å². The van der Waals surface area contributed by atoms with Gasteiger partial charge < -0.3 is 19.9 Å². The molecule has 2 saturated heterocycles. The minimum Gasteiger partial charge on any atom is -0.368 e. The van der Waals surface area contributed by atoms with Gasteiger partial charge in [-0.05, 0) is 37.7 Å². The van der Waals surface area contributed by atoms with E-state index in [1.54, 1.807) is 0 Å². The van der Waals surface area contributed by atoms with Crippen LogP contribution in [0, 0.1) is 5.92 Å². The predicted molar refractivity (Wildman–Crippen MR) is 104 cm³/mol. The number of hydrogen-bond donors (Lipinski definition) is 1. The maximum absolute atomic E-state index is 12.8. The van der Waals surface area contributed by atoms with Crippen LogP contribution in [0.5, 0.6) is 0 Å². The van der Waals surface area contributed by atoms with Gasteiger partial charge in [0.05, 0.1) is 18.8 Å². The van der Waals surface area contributed by atoms with Gasteiger partial charge in [0, 0.05) is 31.9 Å². The molecule has 0 spiro atoms. The lowest BCUT2D eigenvalue weighted by atomic mass is 9.86. The third-order valence-electron chi connectivity index (χ3n) is 6.16. The number of anilines is 1. The quantitative estimate of drug-likeness (QED) is 0.882. The number of carbonyl (C=O) groups is 1. The zero-order chi connectivity index (χ0) is 18.6. The van der Waals surface area contributed by atoms with Gasteiger partial charge in [0.1, 0.15) is 6.10 Å². The van der Waals surface area contributed by atoms with Crippen molar-refractivity contribution in [3.8, 4) is 0 Å². The molecule has 148 valence electrons. The fourth-order valence-electron chi connectivity index (χ4n) is 4.40. The van der Waals surface area contributed by atoms with Crippen LogP contribution in [-0.4, -0.2) is 59.7 Å². The van der Waals surface area contributed by atoms with Crippen molar-refractivity contribution >= 4 is 12.0 Å². The van der Waals surface area contributed by atoms with Gasteiger partial charge in [-0.15, -0.1) is 0 Å². The fraction of sp³-hybridized carbons (Fsp3) is 0.750. The van der Waals surface area contributed by atoms with E-state index in [2.05, 4.69) is 22.1 Å². The summed E-state index contributed by atoms with van der Waals surface area (Å²) in [6.45, 7) is 6.00. The third kappa shape index (κ3) is 4.34. The molecule has 3 heterocycles. The summed E-state index contributed by atoms with van der Waals surface area (Å²) >= 11 is 0. The predicted octanol–water partition coefficient (Wildman–Crippen LogP) is 2.74. The first-order valence-corrected chi connectivity index (χ1v) is 10.5. The van der Waals surface area contributed by atoms with E-state index in [0.717, 1.165) is 31.2 Å². The van der Waals surface area contributed by atoms with Crippen LogP contribution in [0.25, 0.3) is 0 Å². The largest absolute Gasteiger partial charge is 0.368 e. The molecule has 0 radical (unpaired) electrons. The molecule has 2 aliphatic heterocycles. The summed E-state index contributed by atoms with van der Waals surface area (Å²) in [6, 6.07) is 2.25. The van der Waals surface area contributed by atoms with Crippen molar-refractivity contribution in [2.45, 2.75) is 57.6 Å². The maximum Gasteiger partial charge on any atom is 0.317 e. The van der Waals surface area contributed by atoms with Crippen LogP contribution in [0.15, 0.2) is 12.3 Å². The van der Waals surface area contributed by atoms with Crippen molar-refractivity contribution in [2.75, 3.05) is 37.7 Å². The molecule has 1 aromatic rings. The minimum absolute atomic E-state index is 0.0378. The van der Waals surface area contributed by atoms with Crippen LogP contribution in [-0.2, 0) is 4.74 Å². The van der Waals surface area contributed by atoms with Crippen LogP contribution in [0.4, 0.5) is 10.7 Å². The second-order valence-electron chi connectivity index (χ2n) is 8.10. The summed E-state index contributed by atoms with van der Waals surface area (Å²) in [5, 5.41) is 3.26. The van der Waals surface area contributed by atoms with Gasteiger partial charge >= 0.3 is 6.03 Å². The molecule has 0 aromatic carbocycles. The average Bonchev–Trinajstić information content (AvgIpc) is 3.25. The summed E-state index contributed by atoms with van der Waals surface area (Å²) in [7, 11) is 0. The Labute approximate surface area is 161 Å². The topological polar surface area (TPSA) is 70.6 Å². The molecule has 4 rings (SSSR count). The van der Waals surface area contributed by atoms with Crippen LogP contribution in [0.1, 0.15) is 57.2 Å². The molecule has 1 aliphatic carbocycles. The van der Waals surface area contributed by atoms with Gasteiger partial charge in [-0.2, -0.15) is 0 Å². The number of nitrogens with one attached hydrogen (secondary N) is 1. The Balaban J connectivity index is 1.39. The Bertz CT molecular complexity index is 649. The molecule has 1 aromatic heterocycles. The Hall–Kier alpha value is -1.89. The van der Waals surface area contributed by atoms with Crippen LogP contribution in [0.2, 0.25) is 0 Å². The van der Waals surface area contributed by atoms with E-state index >= 15 is 0 Å². The second kappa shape index (κ2) is 8.42. The Morgan fingerprint density at radius 2 is 2.00 bits per heavy atom. The van der Waals surface area contributed by atoms with Crippen LogP contribution in [0.3, 0.4) is 0 Å². The first-order valence-electron chi connectivity index (χ1n) is 10.5. The van der Waals surface area contributed by atoms with E-state index in [-0.39, 0.29) is 12.1 Å². The lowest BCUT2D eigenvalue weighted by Crippen LogP contribution is -2.51. The molecule has 0 bridgehead atoms. The van der Waals surface area contributed by atoms with E-state index in [9.17, 15) is 4.79 Å². The van der Waals surface area contributed by atoms with Crippen LogP contribution < -0.4 is 10.2 Å². The zero-order valence-electron chi connectivity index (χ0n) is 16.3. The number of carbonyl (C=O) groups excluding carboxylic acids is 1. The average molecular weight is 374 g/mol. The number of urea groups is 1. The minimum atomic E-state index is -0.183. The van der Waals surface area contributed by atoms with Gasteiger partial charge in [-0.1, -0.05) is 19.8 Å². The Morgan fingerprint density at radius 3 is 2.81 bits per heavy atom. The molecule has 7 heteroatoms. The normalized spacial score (nSPS) is 29.0. The Morgan fingerprint density at radius 1 is 1.19 bits per heavy atom. The van der Waals surface area contributed by atoms with E-state index < -0.39 is 0 Å². The highest BCUT2D eigenvalue weighted by atomic mass is 16.5. The van der Waals surface area contributed by atoms with Gasteiger partial charge in [0.2, 0.25) is 5.95 Å². The van der Waals surface area contributed by atoms with Gasteiger partial charge in [-0.25, -0.2) is 14.8 Å². The summed E-state index contributed by atoms with van der Waals surface area (Å²) < 4.78 is 5.94. The first-order chi connectivity index (χ1) is 13.2. The molecule has 1 saturated carbocycles. The summed E-state index contributed by atoms with van der Waals surface area (Å²) in [5.74, 6) is 1.34. The third-order valence-corrected chi connectivity index (χ3v) is 6.16. The molecule has 0 unspecified atom stereocenters. The number of morpholine rings is 1. The van der Waals surface area contributed by atoms with Crippen molar-refractivity contribution in [1.29, 1.82) is 0 Å². The molecular formula is C20H31N5O2. The molecule has 7 nitrogen and oxygen atoms in total. The lowest BCUT2D eigenvalue weighted by Gasteiger charge is -2.36. The molecule has 3 fully saturated rings. The number of hydrogen-bond acceptors (Lipinski definition) is 5. The van der Waals surface area contributed by atoms with Gasteiger partial charge in [0.25, 0.3) is 0 Å². The van der Waals surface area contributed by atoms with E-state index in [1.807, 2.05) is 17.2 Å². The molecule has 1 N–H and O–H groups in total. The zero-order valence-corrected chi connectivity index (χ0v) is 16.3. The van der Waals surface area contributed by atoms with Crippen molar-refractivity contribution in [2.24, 2.45) is 5.92 Å². The molecule has 3 aliphatic rings. The summed E-state index contributed by atoms with van der Waals surface area (Å²) in [5.41, 5.74) is 0.871. The number of ether oxygens (including phenoxy) is 1. The van der Waals surface area contributed by atoms with Crippen molar-refractivity contribution < 1.29 is 9.53 Å². The van der Waals surface area contributed by atoms with Gasteiger partial charge in [0.15, 0.2) is 0 Å². The highest BCUT2D eigenvalue weighted by Gasteiger charge is 2.30. The van der Waals surface area contributed by atoms with E-state index in [0.29, 0.717) is 31.7 Å². The number of amides is 2. The summed E-state index contributed by atoms with van der Waals surface area (Å²) in [6.07, 6.45) is 8.80. The number of aromatic nitrogens is 2. The standard InChI is InChI=1S/C20H31N5O2/c1-15-6-2-3-7-16(15)23-20(26)25-12-13-27-18(14-25)17-8-9-21-19(22-17)24-10-4-5-11-24/h8-9,15-16,18H,2-7,10-14H2,1H3,(H,23,26)/t15-,16-,18+/m1/s1.